The summed E-state index contributed by atoms with van der Waals surface area (Å²) in [4.78, 5) is 75.6. The van der Waals surface area contributed by atoms with E-state index in [0.717, 1.165) is 4.90 Å². The van der Waals surface area contributed by atoms with Crippen molar-refractivity contribution in [2.75, 3.05) is 17.4 Å². The van der Waals surface area contributed by atoms with Gasteiger partial charge in [0.25, 0.3) is 11.8 Å². The molecule has 2 saturated heterocycles. The molecule has 298 valence electrons. The number of anilines is 2. The molecule has 3 heterocycles. The number of hydrogen-bond acceptors (Lipinski definition) is 9. The number of rotatable bonds is 7. The number of allylic oxidation sites excluding steroid dienone is 2. The van der Waals surface area contributed by atoms with E-state index in [1.54, 1.807) is 24.3 Å². The van der Waals surface area contributed by atoms with Gasteiger partial charge in [-0.25, -0.2) is 9.78 Å². The summed E-state index contributed by atoms with van der Waals surface area (Å²) in [5.74, 6) is -10.5. The minimum atomic E-state index is -4.79. The fraction of sp³-hybridized carbons (Fsp3) is 0.250. The number of aromatic hydroxyl groups is 1. The summed E-state index contributed by atoms with van der Waals surface area (Å²) in [5, 5.41) is 21.9. The van der Waals surface area contributed by atoms with Gasteiger partial charge in [0.1, 0.15) is 0 Å². The first-order valence-electron chi connectivity index (χ1n) is 17.6. The Balaban J connectivity index is 1.33. The van der Waals surface area contributed by atoms with Crippen LogP contribution in [0.25, 0.3) is 0 Å². The second kappa shape index (κ2) is 14.1. The van der Waals surface area contributed by atoms with E-state index in [1.165, 1.54) is 49.6 Å². The van der Waals surface area contributed by atoms with Crippen molar-refractivity contribution in [2.45, 2.75) is 30.4 Å². The molecule has 1 aromatic heterocycles. The zero-order chi connectivity index (χ0) is 41.6. The molecule has 0 bridgehead atoms. The summed E-state index contributed by atoms with van der Waals surface area (Å²) in [6.07, 6.45) is -2.73. The molecule has 58 heavy (non-hydrogen) atoms. The molecule has 3 fully saturated rings. The number of hydrazine groups is 1. The first-order valence-corrected chi connectivity index (χ1v) is 19.1. The quantitative estimate of drug-likeness (QED) is 0.123. The van der Waals surface area contributed by atoms with Gasteiger partial charge in [0, 0.05) is 27.2 Å². The number of ether oxygens (including phenoxy) is 1. The van der Waals surface area contributed by atoms with E-state index < -0.39 is 87.2 Å². The van der Waals surface area contributed by atoms with E-state index in [9.17, 15) is 42.6 Å². The molecule has 4 aromatic rings. The Morgan fingerprint density at radius 3 is 2.38 bits per heavy atom. The third-order valence-electron chi connectivity index (χ3n) is 11.5. The van der Waals surface area contributed by atoms with Crippen LogP contribution in [-0.4, -0.2) is 56.9 Å². The van der Waals surface area contributed by atoms with Gasteiger partial charge >= 0.3 is 12.1 Å². The predicted molar refractivity (Wildman–Crippen MR) is 205 cm³/mol. The highest BCUT2D eigenvalue weighted by Crippen LogP contribution is 2.65. The van der Waals surface area contributed by atoms with Crippen molar-refractivity contribution in [1.29, 1.82) is 0 Å². The topological polar surface area (TPSA) is 166 Å². The van der Waals surface area contributed by atoms with E-state index in [1.807, 2.05) is 0 Å². The second-order valence-corrected chi connectivity index (χ2v) is 16.1. The van der Waals surface area contributed by atoms with Gasteiger partial charge in [-0.3, -0.25) is 29.5 Å². The fourth-order valence-corrected chi connectivity index (χ4v) is 9.92. The molecule has 4 amide bonds. The van der Waals surface area contributed by atoms with Gasteiger partial charge in [0.15, 0.2) is 17.3 Å². The number of phenolic OH excluding ortho intramolecular Hbond substituents is 1. The lowest BCUT2D eigenvalue weighted by Gasteiger charge is -2.50. The van der Waals surface area contributed by atoms with Gasteiger partial charge in [-0.15, -0.1) is 0 Å². The molecule has 12 nitrogen and oxygen atoms in total. The van der Waals surface area contributed by atoms with E-state index in [-0.39, 0.29) is 46.7 Å². The number of fused-ring (bicyclic) bond motifs is 4. The summed E-state index contributed by atoms with van der Waals surface area (Å²) in [7, 11) is 1.32. The maximum Gasteiger partial charge on any atom is 0.417 e. The number of carboxylic acids is 1. The van der Waals surface area contributed by atoms with Crippen LogP contribution in [0.2, 0.25) is 10.0 Å². The zero-order valence-electron chi connectivity index (χ0n) is 29.8. The van der Waals surface area contributed by atoms with Crippen molar-refractivity contribution in [3.05, 3.63) is 121 Å². The molecule has 3 aromatic carbocycles. The third-order valence-corrected chi connectivity index (χ3v) is 12.5. The number of methoxy groups -OCH3 is 1. The number of alkyl halides is 3. The minimum Gasteiger partial charge on any atom is -0.504 e. The van der Waals surface area contributed by atoms with Gasteiger partial charge in [0.2, 0.25) is 11.8 Å². The first-order chi connectivity index (χ1) is 27.5. The number of carbonyl (C=O) groups excluding carboxylic acids is 4. The number of carboxylic acid groups (broad SMARTS) is 1. The number of nitrogens with one attached hydrogen (secondary N) is 1. The molecular weight excluding hydrogens is 872 g/mol. The number of hydrogen-bond donors (Lipinski definition) is 3. The lowest BCUT2D eigenvalue weighted by atomic mass is 9.49. The Kier molecular flexibility index (Phi) is 9.59. The van der Waals surface area contributed by atoms with Crippen molar-refractivity contribution < 1.29 is 52.1 Å². The van der Waals surface area contributed by atoms with Crippen molar-refractivity contribution in [2.24, 2.45) is 23.7 Å². The maximum absolute atomic E-state index is 15.4. The lowest BCUT2D eigenvalue weighted by molar-refractivity contribution is -0.139. The van der Waals surface area contributed by atoms with Crippen LogP contribution in [0.3, 0.4) is 0 Å². The van der Waals surface area contributed by atoms with Crippen LogP contribution in [-0.2, 0) is 30.8 Å². The number of phenols is 1. The summed E-state index contributed by atoms with van der Waals surface area (Å²) in [5.41, 5.74) is 0.224. The standard InChI is InChI=1S/C40H28BrCl2F3N4O8/c1-58-29-14-20(41)13-26(32(29)51)31-23-9-10-24-30(36(54)49(34(24)52)22-4-2-3-17(11-22)37(55)56)25(23)15-27-35(53)50(38(57)39(27,31)18-5-7-21(42)8-6-18)48-33-28(43)12-19(16-47-33)40(44,45)46/h2-9,11-14,16,24-25,27,30-31,51H,10,15H2,1H3,(H,47,48)(H,55,56). The number of halogens is 6. The van der Waals surface area contributed by atoms with Crippen molar-refractivity contribution in [3.8, 4) is 11.5 Å². The number of carbonyl (C=O) groups is 5. The summed E-state index contributed by atoms with van der Waals surface area (Å²) in [6.45, 7) is 0. The van der Waals surface area contributed by atoms with Gasteiger partial charge in [0.05, 0.1) is 52.1 Å². The van der Waals surface area contributed by atoms with Crippen molar-refractivity contribution in [1.82, 2.24) is 9.99 Å². The summed E-state index contributed by atoms with van der Waals surface area (Å²) >= 11 is 16.0. The number of nitrogens with zero attached hydrogens (tertiary/aromatic N) is 3. The molecule has 4 aliphatic rings. The molecule has 3 N–H and O–H groups in total. The van der Waals surface area contributed by atoms with Crippen LogP contribution in [0, 0.1) is 23.7 Å². The number of benzene rings is 3. The molecule has 2 aliphatic heterocycles. The molecule has 18 heteroatoms. The van der Waals surface area contributed by atoms with Gasteiger partial charge in [-0.05, 0) is 72.9 Å². The first kappa shape index (κ1) is 39.4. The number of amides is 4. The highest BCUT2D eigenvalue weighted by Gasteiger charge is 2.71. The normalized spacial score (nSPS) is 25.3. The SMILES string of the molecule is COc1cc(Br)cc(C2C3=CCC4C(=O)N(c5cccc(C(=O)O)c5)C(=O)C4C3CC3C(=O)N(Nc4ncc(C(F)(F)F)cc4Cl)C(=O)C32c2ccc(Cl)cc2)c1O. The average Bonchev–Trinajstić information content (AvgIpc) is 3.56. The molecule has 2 aliphatic carbocycles. The Bertz CT molecular complexity index is 2500. The molecular formula is C40H28BrCl2F3N4O8. The molecule has 1 saturated carbocycles. The van der Waals surface area contributed by atoms with Crippen LogP contribution < -0.4 is 15.1 Å². The number of aromatic carboxylic acids is 1. The summed E-state index contributed by atoms with van der Waals surface area (Å²) < 4.78 is 46.5. The average molecular weight is 900 g/mol. The Morgan fingerprint density at radius 2 is 1.72 bits per heavy atom. The van der Waals surface area contributed by atoms with Crippen LogP contribution in [0.5, 0.6) is 11.5 Å². The predicted octanol–water partition coefficient (Wildman–Crippen LogP) is 7.77. The minimum absolute atomic E-state index is 0.00712. The Morgan fingerprint density at radius 1 is 1.00 bits per heavy atom. The maximum atomic E-state index is 15.4. The fourth-order valence-electron chi connectivity index (χ4n) is 9.13. The third kappa shape index (κ3) is 5.94. The van der Waals surface area contributed by atoms with E-state index >= 15 is 4.79 Å². The van der Waals surface area contributed by atoms with E-state index in [0.29, 0.717) is 32.3 Å². The monoisotopic (exact) mass is 898 g/mol. The van der Waals surface area contributed by atoms with Crippen LogP contribution in [0.15, 0.2) is 89.0 Å². The molecule has 0 radical (unpaired) electrons. The lowest BCUT2D eigenvalue weighted by Crippen LogP contribution is -2.53. The zero-order valence-corrected chi connectivity index (χ0v) is 32.9. The van der Waals surface area contributed by atoms with Gasteiger partial charge < -0.3 is 14.9 Å². The Hall–Kier alpha value is -5.45. The van der Waals surface area contributed by atoms with Gasteiger partial charge in [-0.2, -0.15) is 18.2 Å². The molecule has 6 atom stereocenters. The number of aromatic nitrogens is 1. The van der Waals surface area contributed by atoms with Crippen molar-refractivity contribution >= 4 is 80.2 Å². The molecule has 0 spiro atoms. The van der Waals surface area contributed by atoms with E-state index in [4.69, 9.17) is 27.9 Å². The number of imide groups is 2. The molecule has 6 unspecified atom stereocenters. The second-order valence-electron chi connectivity index (χ2n) is 14.3. The van der Waals surface area contributed by atoms with Crippen LogP contribution >= 0.6 is 39.1 Å². The Labute approximate surface area is 345 Å². The van der Waals surface area contributed by atoms with Crippen LogP contribution in [0.4, 0.5) is 24.7 Å². The van der Waals surface area contributed by atoms with Crippen molar-refractivity contribution in [3.63, 3.8) is 0 Å². The highest BCUT2D eigenvalue weighted by molar-refractivity contribution is 9.10. The summed E-state index contributed by atoms with van der Waals surface area (Å²) in [6, 6.07) is 15.2. The highest BCUT2D eigenvalue weighted by atomic mass is 79.9. The van der Waals surface area contributed by atoms with E-state index in [2.05, 4.69) is 26.3 Å². The largest absolute Gasteiger partial charge is 0.504 e. The van der Waals surface area contributed by atoms with Gasteiger partial charge in [-0.1, -0.05) is 69.0 Å². The van der Waals surface area contributed by atoms with Crippen LogP contribution in [0.1, 0.15) is 45.8 Å². The number of pyridine rings is 1. The molecule has 8 rings (SSSR count). The smallest absolute Gasteiger partial charge is 0.417 e.